The fourth-order valence-electron chi connectivity index (χ4n) is 3.38. The average molecular weight is 294 g/mol. The van der Waals surface area contributed by atoms with Gasteiger partial charge in [0.05, 0.1) is 0 Å². The third-order valence-corrected chi connectivity index (χ3v) is 4.57. The van der Waals surface area contributed by atoms with E-state index < -0.39 is 0 Å². The van der Waals surface area contributed by atoms with Crippen molar-refractivity contribution in [2.75, 3.05) is 19.7 Å². The molecule has 1 saturated heterocycles. The Morgan fingerprint density at radius 3 is 2.71 bits per heavy atom. The maximum atomic E-state index is 13.2. The smallest absolute Gasteiger partial charge is 0.123 e. The van der Waals surface area contributed by atoms with E-state index in [-0.39, 0.29) is 24.5 Å². The van der Waals surface area contributed by atoms with E-state index in [1.165, 1.54) is 18.6 Å². The molecule has 1 aliphatic rings. The number of rotatable bonds is 6. The van der Waals surface area contributed by atoms with Gasteiger partial charge in [0.1, 0.15) is 5.82 Å². The fourth-order valence-corrected chi connectivity index (χ4v) is 3.38. The number of benzene rings is 1. The third-order valence-electron chi connectivity index (χ3n) is 4.57. The van der Waals surface area contributed by atoms with Gasteiger partial charge in [-0.15, -0.1) is 0 Å². The van der Waals surface area contributed by atoms with E-state index in [9.17, 15) is 4.39 Å². The van der Waals surface area contributed by atoms with Gasteiger partial charge >= 0.3 is 0 Å². The lowest BCUT2D eigenvalue weighted by atomic mass is 9.89. The van der Waals surface area contributed by atoms with Gasteiger partial charge in [-0.1, -0.05) is 19.1 Å². The molecule has 3 atom stereocenters. The number of halogens is 1. The zero-order valence-corrected chi connectivity index (χ0v) is 12.8. The number of likely N-dealkylation sites (tertiary alicyclic amines) is 1. The Kier molecular flexibility index (Phi) is 6.15. The molecule has 1 aromatic rings. The SMILES string of the molecule is CCC(N)C(c1ccc(F)cc1)N1CCCC(CCO)C1. The molecule has 1 heterocycles. The first kappa shape index (κ1) is 16.4. The van der Waals surface area contributed by atoms with Crippen LogP contribution in [0.2, 0.25) is 0 Å². The van der Waals surface area contributed by atoms with E-state index in [1.54, 1.807) is 0 Å². The van der Waals surface area contributed by atoms with Crippen molar-refractivity contribution in [3.63, 3.8) is 0 Å². The van der Waals surface area contributed by atoms with Crippen molar-refractivity contribution < 1.29 is 9.50 Å². The maximum Gasteiger partial charge on any atom is 0.123 e. The van der Waals surface area contributed by atoms with E-state index in [0.717, 1.165) is 37.9 Å². The van der Waals surface area contributed by atoms with Gasteiger partial charge < -0.3 is 10.8 Å². The van der Waals surface area contributed by atoms with Crippen LogP contribution in [0.3, 0.4) is 0 Å². The molecule has 0 radical (unpaired) electrons. The van der Waals surface area contributed by atoms with Gasteiger partial charge in [0.25, 0.3) is 0 Å². The first-order valence-electron chi connectivity index (χ1n) is 8.01. The fraction of sp³-hybridized carbons (Fsp3) is 0.647. The van der Waals surface area contributed by atoms with Gasteiger partial charge in [-0.25, -0.2) is 4.39 Å². The van der Waals surface area contributed by atoms with Crippen LogP contribution in [0.25, 0.3) is 0 Å². The zero-order chi connectivity index (χ0) is 15.2. The van der Waals surface area contributed by atoms with Crippen LogP contribution in [0.15, 0.2) is 24.3 Å². The molecule has 2 rings (SSSR count). The number of hydrogen-bond donors (Lipinski definition) is 2. The molecular weight excluding hydrogens is 267 g/mol. The van der Waals surface area contributed by atoms with Crippen molar-refractivity contribution in [3.05, 3.63) is 35.6 Å². The first-order chi connectivity index (χ1) is 10.2. The molecule has 0 amide bonds. The second kappa shape index (κ2) is 7.87. The van der Waals surface area contributed by atoms with Crippen LogP contribution in [0, 0.1) is 11.7 Å². The highest BCUT2D eigenvalue weighted by Crippen LogP contribution is 2.31. The van der Waals surface area contributed by atoms with Crippen LogP contribution in [-0.2, 0) is 0 Å². The minimum absolute atomic E-state index is 0.0448. The summed E-state index contributed by atoms with van der Waals surface area (Å²) in [6.07, 6.45) is 4.06. The van der Waals surface area contributed by atoms with Crippen LogP contribution >= 0.6 is 0 Å². The molecule has 0 aromatic heterocycles. The number of piperidine rings is 1. The third kappa shape index (κ3) is 4.25. The molecule has 3 unspecified atom stereocenters. The Morgan fingerprint density at radius 2 is 2.10 bits per heavy atom. The van der Waals surface area contributed by atoms with Crippen LogP contribution in [-0.4, -0.2) is 35.7 Å². The van der Waals surface area contributed by atoms with Crippen molar-refractivity contribution in [2.45, 2.75) is 44.7 Å². The monoisotopic (exact) mass is 294 g/mol. The average Bonchev–Trinajstić information content (AvgIpc) is 2.50. The predicted octanol–water partition coefficient (Wildman–Crippen LogP) is 2.70. The largest absolute Gasteiger partial charge is 0.396 e. The summed E-state index contributed by atoms with van der Waals surface area (Å²) in [6.45, 7) is 4.34. The highest BCUT2D eigenvalue weighted by molar-refractivity contribution is 5.22. The second-order valence-corrected chi connectivity index (χ2v) is 6.08. The van der Waals surface area contributed by atoms with Gasteiger partial charge in [-0.2, -0.15) is 0 Å². The van der Waals surface area contributed by atoms with E-state index in [1.807, 2.05) is 12.1 Å². The molecule has 21 heavy (non-hydrogen) atoms. The first-order valence-corrected chi connectivity index (χ1v) is 8.01. The Labute approximate surface area is 126 Å². The number of aliphatic hydroxyl groups excluding tert-OH is 1. The summed E-state index contributed by atoms with van der Waals surface area (Å²) in [4.78, 5) is 2.42. The molecule has 1 fully saturated rings. The van der Waals surface area contributed by atoms with Gasteiger partial charge in [0, 0.05) is 25.2 Å². The molecule has 1 aromatic carbocycles. The Hall–Kier alpha value is -0.970. The topological polar surface area (TPSA) is 49.5 Å². The molecule has 118 valence electrons. The van der Waals surface area contributed by atoms with Crippen molar-refractivity contribution in [1.82, 2.24) is 4.90 Å². The lowest BCUT2D eigenvalue weighted by molar-refractivity contribution is 0.0930. The summed E-state index contributed by atoms with van der Waals surface area (Å²) in [5.74, 6) is 0.329. The van der Waals surface area contributed by atoms with Crippen LogP contribution in [0.1, 0.15) is 44.2 Å². The van der Waals surface area contributed by atoms with Gasteiger partial charge in [-0.3, -0.25) is 4.90 Å². The summed E-state index contributed by atoms with van der Waals surface area (Å²) in [5, 5.41) is 9.16. The Bertz CT molecular complexity index is 421. The summed E-state index contributed by atoms with van der Waals surface area (Å²) in [7, 11) is 0. The highest BCUT2D eigenvalue weighted by atomic mass is 19.1. The van der Waals surface area contributed by atoms with Gasteiger partial charge in [0.15, 0.2) is 0 Å². The quantitative estimate of drug-likeness (QED) is 0.848. The molecule has 0 bridgehead atoms. The minimum atomic E-state index is -0.209. The van der Waals surface area contributed by atoms with Crippen molar-refractivity contribution in [3.8, 4) is 0 Å². The maximum absolute atomic E-state index is 13.2. The van der Waals surface area contributed by atoms with Crippen LogP contribution < -0.4 is 5.73 Å². The Balaban J connectivity index is 2.17. The van der Waals surface area contributed by atoms with Crippen LogP contribution in [0.5, 0.6) is 0 Å². The van der Waals surface area contributed by atoms with Crippen molar-refractivity contribution in [1.29, 1.82) is 0 Å². The van der Waals surface area contributed by atoms with E-state index in [0.29, 0.717) is 5.92 Å². The minimum Gasteiger partial charge on any atom is -0.396 e. The molecule has 3 nitrogen and oxygen atoms in total. The molecule has 3 N–H and O–H groups in total. The van der Waals surface area contributed by atoms with Gasteiger partial charge in [0.2, 0.25) is 0 Å². The molecule has 0 saturated carbocycles. The summed E-state index contributed by atoms with van der Waals surface area (Å²) in [6, 6.07) is 6.91. The highest BCUT2D eigenvalue weighted by Gasteiger charge is 2.30. The lowest BCUT2D eigenvalue weighted by Gasteiger charge is -2.41. The van der Waals surface area contributed by atoms with E-state index in [2.05, 4.69) is 11.8 Å². The normalized spacial score (nSPS) is 23.0. The van der Waals surface area contributed by atoms with Crippen molar-refractivity contribution in [2.24, 2.45) is 11.7 Å². The standard InChI is InChI=1S/C17H27FN2O/c1-2-16(19)17(14-5-7-15(18)8-6-14)20-10-3-4-13(12-20)9-11-21/h5-8,13,16-17,21H,2-4,9-12,19H2,1H3. The Morgan fingerprint density at radius 1 is 1.38 bits per heavy atom. The zero-order valence-electron chi connectivity index (χ0n) is 12.8. The number of hydrogen-bond acceptors (Lipinski definition) is 3. The van der Waals surface area contributed by atoms with E-state index in [4.69, 9.17) is 10.8 Å². The summed E-state index contributed by atoms with van der Waals surface area (Å²) in [5.41, 5.74) is 7.45. The van der Waals surface area contributed by atoms with Gasteiger partial charge in [-0.05, 0) is 55.8 Å². The number of aliphatic hydroxyl groups is 1. The number of nitrogens with zero attached hydrogens (tertiary/aromatic N) is 1. The summed E-state index contributed by atoms with van der Waals surface area (Å²) >= 11 is 0. The van der Waals surface area contributed by atoms with E-state index >= 15 is 0 Å². The molecule has 0 spiro atoms. The molecule has 0 aliphatic carbocycles. The predicted molar refractivity (Wildman–Crippen MR) is 83.4 cm³/mol. The summed E-state index contributed by atoms with van der Waals surface area (Å²) < 4.78 is 13.2. The van der Waals surface area contributed by atoms with Crippen LogP contribution in [0.4, 0.5) is 4.39 Å². The van der Waals surface area contributed by atoms with Crippen molar-refractivity contribution >= 4 is 0 Å². The lowest BCUT2D eigenvalue weighted by Crippen LogP contribution is -2.45. The second-order valence-electron chi connectivity index (χ2n) is 6.08. The molecule has 1 aliphatic heterocycles. The molecule has 4 heteroatoms. The molecular formula is C17H27FN2O. The number of nitrogens with two attached hydrogens (primary N) is 1.